The van der Waals surface area contributed by atoms with Crippen LogP contribution in [-0.4, -0.2) is 23.6 Å². The van der Waals surface area contributed by atoms with Crippen molar-refractivity contribution in [1.29, 1.82) is 5.26 Å². The van der Waals surface area contributed by atoms with Crippen molar-refractivity contribution in [2.75, 3.05) is 11.9 Å². The fraction of sp³-hybridized carbons (Fsp3) is 0.188. The Kier molecular flexibility index (Phi) is 5.76. The number of nitrogens with one attached hydrogen (secondary N) is 2. The summed E-state index contributed by atoms with van der Waals surface area (Å²) in [4.78, 5) is 8.34. The molecule has 0 fully saturated rings. The minimum absolute atomic E-state index is 0.120. The summed E-state index contributed by atoms with van der Waals surface area (Å²) in [6, 6.07) is 13.0. The number of benzene rings is 1. The van der Waals surface area contributed by atoms with Gasteiger partial charge < -0.3 is 10.1 Å². The van der Waals surface area contributed by atoms with Gasteiger partial charge in [-0.2, -0.15) is 5.26 Å². The van der Waals surface area contributed by atoms with Gasteiger partial charge >= 0.3 is 0 Å². The number of hydrogen-bond acceptors (Lipinski definition) is 4. The number of aliphatic imine (C=N–C) groups is 1. The van der Waals surface area contributed by atoms with Crippen molar-refractivity contribution in [3.05, 3.63) is 54.9 Å². The first-order valence-electron chi connectivity index (χ1n) is 6.85. The van der Waals surface area contributed by atoms with Crippen molar-refractivity contribution in [2.45, 2.75) is 13.0 Å². The number of aromatic nitrogens is 1. The number of rotatable bonds is 5. The first kappa shape index (κ1) is 15.3. The minimum atomic E-state index is -0.120. The van der Waals surface area contributed by atoms with Gasteiger partial charge in [0.15, 0.2) is 6.19 Å². The van der Waals surface area contributed by atoms with E-state index in [2.05, 4.69) is 20.6 Å². The molecule has 0 radical (unpaired) electrons. The molecule has 0 aliphatic carbocycles. The SMILES string of the molecule is CC(COc1ccccc1)N=C(NC#N)Nc1ccncc1. The van der Waals surface area contributed by atoms with Crippen LogP contribution < -0.4 is 15.4 Å². The molecule has 1 aromatic carbocycles. The summed E-state index contributed by atoms with van der Waals surface area (Å²) in [6.45, 7) is 2.33. The molecule has 2 N–H and O–H groups in total. The maximum atomic E-state index is 8.81. The largest absolute Gasteiger partial charge is 0.491 e. The summed E-state index contributed by atoms with van der Waals surface area (Å²) in [5.41, 5.74) is 0.799. The van der Waals surface area contributed by atoms with Crippen LogP contribution in [0.1, 0.15) is 6.92 Å². The van der Waals surface area contributed by atoms with E-state index in [1.807, 2.05) is 43.4 Å². The topological polar surface area (TPSA) is 82.3 Å². The van der Waals surface area contributed by atoms with Gasteiger partial charge in [-0.3, -0.25) is 10.3 Å². The summed E-state index contributed by atoms with van der Waals surface area (Å²) in [6.07, 6.45) is 5.19. The number of guanidine groups is 1. The van der Waals surface area contributed by atoms with Crippen LogP contribution in [0.4, 0.5) is 5.69 Å². The third-order valence-electron chi connectivity index (χ3n) is 2.70. The molecule has 0 aliphatic heterocycles. The van der Waals surface area contributed by atoms with Crippen LogP contribution in [0, 0.1) is 11.5 Å². The maximum absolute atomic E-state index is 8.81. The van der Waals surface area contributed by atoms with Gasteiger partial charge in [-0.1, -0.05) is 18.2 Å². The predicted molar refractivity (Wildman–Crippen MR) is 85.4 cm³/mol. The van der Waals surface area contributed by atoms with E-state index in [1.54, 1.807) is 24.5 Å². The normalized spacial score (nSPS) is 12.1. The highest BCUT2D eigenvalue weighted by atomic mass is 16.5. The summed E-state index contributed by atoms with van der Waals surface area (Å²) in [7, 11) is 0. The molecule has 22 heavy (non-hydrogen) atoms. The van der Waals surface area contributed by atoms with Gasteiger partial charge in [0.05, 0.1) is 6.04 Å². The lowest BCUT2D eigenvalue weighted by Gasteiger charge is -2.12. The van der Waals surface area contributed by atoms with Gasteiger partial charge in [-0.25, -0.2) is 4.99 Å². The summed E-state index contributed by atoms with van der Waals surface area (Å²) in [5.74, 6) is 1.17. The quantitative estimate of drug-likeness (QED) is 0.383. The monoisotopic (exact) mass is 295 g/mol. The zero-order valence-corrected chi connectivity index (χ0v) is 12.2. The second-order valence-corrected chi connectivity index (χ2v) is 4.55. The Bertz CT molecular complexity index is 637. The lowest BCUT2D eigenvalue weighted by atomic mass is 10.3. The molecule has 6 heteroatoms. The fourth-order valence-electron chi connectivity index (χ4n) is 1.71. The molecular weight excluding hydrogens is 278 g/mol. The summed E-state index contributed by atoms with van der Waals surface area (Å²) < 4.78 is 5.64. The number of para-hydroxylation sites is 1. The molecule has 1 unspecified atom stereocenters. The molecule has 2 rings (SSSR count). The molecular formula is C16H17N5O. The number of anilines is 1. The molecule has 0 saturated heterocycles. The summed E-state index contributed by atoms with van der Waals surface area (Å²) in [5, 5.41) is 14.4. The molecule has 1 aromatic heterocycles. The molecule has 0 spiro atoms. The molecule has 0 amide bonds. The van der Waals surface area contributed by atoms with Crippen LogP contribution in [0.5, 0.6) is 5.75 Å². The van der Waals surface area contributed by atoms with Crippen LogP contribution in [0.25, 0.3) is 0 Å². The molecule has 1 atom stereocenters. The molecule has 112 valence electrons. The van der Waals surface area contributed by atoms with Gasteiger partial charge in [-0.05, 0) is 31.2 Å². The van der Waals surface area contributed by atoms with Gasteiger partial charge in [0, 0.05) is 18.1 Å². The Labute approximate surface area is 129 Å². The van der Waals surface area contributed by atoms with Gasteiger partial charge in [0.2, 0.25) is 5.96 Å². The van der Waals surface area contributed by atoms with Crippen LogP contribution in [0.15, 0.2) is 59.9 Å². The van der Waals surface area contributed by atoms with Gasteiger partial charge in [0.25, 0.3) is 0 Å². The minimum Gasteiger partial charge on any atom is -0.491 e. The highest BCUT2D eigenvalue weighted by Crippen LogP contribution is 2.09. The van der Waals surface area contributed by atoms with Crippen molar-refractivity contribution >= 4 is 11.6 Å². The first-order valence-corrected chi connectivity index (χ1v) is 6.85. The number of pyridine rings is 1. The van der Waals surface area contributed by atoms with E-state index in [0.29, 0.717) is 12.6 Å². The lowest BCUT2D eigenvalue weighted by molar-refractivity contribution is 0.297. The molecule has 0 bridgehead atoms. The second-order valence-electron chi connectivity index (χ2n) is 4.55. The Balaban J connectivity index is 1.95. The van der Waals surface area contributed by atoms with Gasteiger partial charge in [-0.15, -0.1) is 0 Å². The first-order chi connectivity index (χ1) is 10.8. The molecule has 2 aromatic rings. The standard InChI is InChI=1S/C16H17N5O/c1-13(11-22-15-5-3-2-4-6-15)20-16(19-12-17)21-14-7-9-18-10-8-14/h2-10,13H,11H2,1H3,(H2,18,19,20,21). The van der Waals surface area contributed by atoms with Crippen molar-refractivity contribution in [2.24, 2.45) is 4.99 Å². The van der Waals surface area contributed by atoms with Crippen molar-refractivity contribution in [3.63, 3.8) is 0 Å². The second kappa shape index (κ2) is 8.27. The maximum Gasteiger partial charge on any atom is 0.209 e. The van der Waals surface area contributed by atoms with E-state index in [4.69, 9.17) is 10.00 Å². The number of nitrogens with zero attached hydrogens (tertiary/aromatic N) is 3. The van der Waals surface area contributed by atoms with Gasteiger partial charge in [0.1, 0.15) is 12.4 Å². The van der Waals surface area contributed by atoms with E-state index in [0.717, 1.165) is 11.4 Å². The van der Waals surface area contributed by atoms with E-state index < -0.39 is 0 Å². The zero-order valence-electron chi connectivity index (χ0n) is 12.2. The Hall–Kier alpha value is -3.07. The molecule has 1 heterocycles. The number of ether oxygens (including phenoxy) is 1. The molecule has 0 aliphatic rings. The van der Waals surface area contributed by atoms with Crippen LogP contribution >= 0.6 is 0 Å². The summed E-state index contributed by atoms with van der Waals surface area (Å²) >= 11 is 0. The molecule has 0 saturated carbocycles. The van der Waals surface area contributed by atoms with E-state index in [1.165, 1.54) is 0 Å². The van der Waals surface area contributed by atoms with Crippen molar-refractivity contribution in [1.82, 2.24) is 10.3 Å². The highest BCUT2D eigenvalue weighted by Gasteiger charge is 2.05. The highest BCUT2D eigenvalue weighted by molar-refractivity contribution is 5.94. The number of nitriles is 1. The third-order valence-corrected chi connectivity index (χ3v) is 2.70. The molecule has 6 nitrogen and oxygen atoms in total. The van der Waals surface area contributed by atoms with Crippen LogP contribution in [0.3, 0.4) is 0 Å². The van der Waals surface area contributed by atoms with Crippen LogP contribution in [-0.2, 0) is 0 Å². The average molecular weight is 295 g/mol. The third kappa shape index (κ3) is 5.13. The van der Waals surface area contributed by atoms with E-state index in [-0.39, 0.29) is 6.04 Å². The van der Waals surface area contributed by atoms with Crippen LogP contribution in [0.2, 0.25) is 0 Å². The van der Waals surface area contributed by atoms with Crippen molar-refractivity contribution < 1.29 is 4.74 Å². The smallest absolute Gasteiger partial charge is 0.209 e. The van der Waals surface area contributed by atoms with E-state index in [9.17, 15) is 0 Å². The van der Waals surface area contributed by atoms with E-state index >= 15 is 0 Å². The Morgan fingerprint density at radius 2 is 2.00 bits per heavy atom. The number of hydrogen-bond donors (Lipinski definition) is 2. The lowest BCUT2D eigenvalue weighted by Crippen LogP contribution is -2.29. The predicted octanol–water partition coefficient (Wildman–Crippen LogP) is 2.39. The zero-order chi connectivity index (χ0) is 15.6. The Morgan fingerprint density at radius 1 is 1.27 bits per heavy atom. The fourth-order valence-corrected chi connectivity index (χ4v) is 1.71. The average Bonchev–Trinajstić information content (AvgIpc) is 2.55. The Morgan fingerprint density at radius 3 is 2.68 bits per heavy atom. The van der Waals surface area contributed by atoms with Crippen molar-refractivity contribution in [3.8, 4) is 11.9 Å².